The Morgan fingerprint density at radius 1 is 1.03 bits per heavy atom. The minimum atomic E-state index is -4.20. The molecule has 37 heavy (non-hydrogen) atoms. The van der Waals surface area contributed by atoms with Crippen LogP contribution in [0.4, 0.5) is 13.2 Å². The summed E-state index contributed by atoms with van der Waals surface area (Å²) in [7, 11) is 0. The largest absolute Gasteiger partial charge is 0.459 e. The maximum atomic E-state index is 13.2. The van der Waals surface area contributed by atoms with Crippen LogP contribution in [-0.4, -0.2) is 70.2 Å². The Balaban J connectivity index is 1.79. The van der Waals surface area contributed by atoms with Gasteiger partial charge in [-0.05, 0) is 76.4 Å². The van der Waals surface area contributed by atoms with Crippen LogP contribution >= 0.6 is 0 Å². The predicted molar refractivity (Wildman–Crippen MR) is 138 cm³/mol. The molecule has 0 radical (unpaired) electrons. The van der Waals surface area contributed by atoms with Gasteiger partial charge in [0, 0.05) is 61.6 Å². The Hall–Kier alpha value is -2.91. The van der Waals surface area contributed by atoms with Crippen LogP contribution in [-0.2, 0) is 4.74 Å². The fraction of sp³-hybridized carbons (Fsp3) is 0.500. The van der Waals surface area contributed by atoms with Crippen molar-refractivity contribution >= 4 is 11.5 Å². The maximum Gasteiger partial charge on any atom is 0.401 e. The monoisotopic (exact) mass is 516 g/mol. The Kier molecular flexibility index (Phi) is 7.67. The molecule has 1 saturated heterocycles. The summed E-state index contributed by atoms with van der Waals surface area (Å²) in [5.41, 5.74) is 7.17. The van der Waals surface area contributed by atoms with Gasteiger partial charge < -0.3 is 9.14 Å². The van der Waals surface area contributed by atoms with E-state index in [1.807, 2.05) is 59.0 Å². The van der Waals surface area contributed by atoms with Gasteiger partial charge in [0.05, 0.1) is 23.7 Å². The van der Waals surface area contributed by atoms with Crippen LogP contribution in [0.15, 0.2) is 30.6 Å². The molecule has 3 aromatic rings. The second kappa shape index (κ2) is 10.5. The Morgan fingerprint density at radius 3 is 2.32 bits per heavy atom. The summed E-state index contributed by atoms with van der Waals surface area (Å²) >= 11 is 0. The molecule has 3 aromatic heterocycles. The molecule has 1 atom stereocenters. The molecule has 1 unspecified atom stereocenters. The number of rotatable bonds is 6. The van der Waals surface area contributed by atoms with Gasteiger partial charge in [-0.15, -0.1) is 0 Å². The lowest BCUT2D eigenvalue weighted by molar-refractivity contribution is -0.149. The van der Waals surface area contributed by atoms with E-state index in [-0.39, 0.29) is 18.1 Å². The molecule has 0 bridgehead atoms. The van der Waals surface area contributed by atoms with Crippen molar-refractivity contribution in [3.63, 3.8) is 0 Å². The van der Waals surface area contributed by atoms with E-state index >= 15 is 0 Å². The number of piperazine rings is 1. The SMILES string of the molecule is Cc1nccc(-c2ccn3c(C(C)N4CCN(CC(F)(F)F)CC4)c(C)c(C(=O)OC(C)C)cc23)c1C. The quantitative estimate of drug-likeness (QED) is 0.392. The smallest absolute Gasteiger partial charge is 0.401 e. The summed E-state index contributed by atoms with van der Waals surface area (Å²) in [6.45, 7) is 12.4. The number of nitrogens with zero attached hydrogens (tertiary/aromatic N) is 4. The van der Waals surface area contributed by atoms with Crippen molar-refractivity contribution in [3.8, 4) is 11.1 Å². The first-order chi connectivity index (χ1) is 17.4. The summed E-state index contributed by atoms with van der Waals surface area (Å²) in [6, 6.07) is 5.79. The molecule has 9 heteroatoms. The lowest BCUT2D eigenvalue weighted by Gasteiger charge is -2.39. The van der Waals surface area contributed by atoms with Gasteiger partial charge in [0.15, 0.2) is 0 Å². The highest BCUT2D eigenvalue weighted by Crippen LogP contribution is 2.35. The lowest BCUT2D eigenvalue weighted by atomic mass is 9.97. The number of aryl methyl sites for hydroxylation is 1. The highest BCUT2D eigenvalue weighted by atomic mass is 19.4. The third kappa shape index (κ3) is 5.67. The number of pyridine rings is 2. The molecule has 6 nitrogen and oxygen atoms in total. The average Bonchev–Trinajstić information content (AvgIpc) is 3.22. The van der Waals surface area contributed by atoms with Crippen molar-refractivity contribution in [2.75, 3.05) is 32.7 Å². The molecular weight excluding hydrogens is 481 g/mol. The molecule has 0 N–H and O–H groups in total. The summed E-state index contributed by atoms with van der Waals surface area (Å²) in [4.78, 5) is 21.2. The standard InChI is InChI=1S/C28H35F3N4O2/c1-17(2)37-27(36)24-15-25-23(22-7-9-32-20(5)18(22)3)8-10-35(25)26(19(24)4)21(6)34-13-11-33(12-14-34)16-28(29,30)31/h7-10,15,17,21H,11-14,16H2,1-6H3. The Bertz CT molecular complexity index is 1290. The van der Waals surface area contributed by atoms with Crippen LogP contribution in [0.2, 0.25) is 0 Å². The Morgan fingerprint density at radius 2 is 1.70 bits per heavy atom. The highest BCUT2D eigenvalue weighted by molar-refractivity contribution is 5.95. The number of ether oxygens (including phenoxy) is 1. The van der Waals surface area contributed by atoms with E-state index < -0.39 is 12.7 Å². The molecule has 0 aromatic carbocycles. The zero-order valence-electron chi connectivity index (χ0n) is 22.3. The minimum Gasteiger partial charge on any atom is -0.459 e. The molecule has 4 rings (SSSR count). The summed E-state index contributed by atoms with van der Waals surface area (Å²) in [5, 5.41) is 0. The van der Waals surface area contributed by atoms with Crippen LogP contribution in [0.5, 0.6) is 0 Å². The van der Waals surface area contributed by atoms with Gasteiger partial charge in [0.2, 0.25) is 0 Å². The van der Waals surface area contributed by atoms with Gasteiger partial charge in [-0.2, -0.15) is 13.2 Å². The van der Waals surface area contributed by atoms with Gasteiger partial charge in [-0.1, -0.05) is 0 Å². The van der Waals surface area contributed by atoms with E-state index in [1.165, 1.54) is 4.90 Å². The van der Waals surface area contributed by atoms with Crippen LogP contribution in [0.25, 0.3) is 16.6 Å². The van der Waals surface area contributed by atoms with Crippen molar-refractivity contribution in [3.05, 3.63) is 58.7 Å². The van der Waals surface area contributed by atoms with Gasteiger partial charge >= 0.3 is 12.1 Å². The molecule has 1 aliphatic rings. The van der Waals surface area contributed by atoms with Crippen LogP contribution < -0.4 is 0 Å². The number of esters is 1. The van der Waals surface area contributed by atoms with E-state index in [0.29, 0.717) is 31.7 Å². The molecule has 0 spiro atoms. The first-order valence-corrected chi connectivity index (χ1v) is 12.7. The van der Waals surface area contributed by atoms with Crippen molar-refractivity contribution in [1.82, 2.24) is 19.2 Å². The Labute approximate surface area is 216 Å². The van der Waals surface area contributed by atoms with E-state index in [1.54, 1.807) is 6.20 Å². The van der Waals surface area contributed by atoms with E-state index in [0.717, 1.165) is 39.2 Å². The number of aromatic nitrogens is 2. The summed E-state index contributed by atoms with van der Waals surface area (Å²) in [5.74, 6) is -0.381. The number of hydrogen-bond acceptors (Lipinski definition) is 5. The first kappa shape index (κ1) is 27.1. The number of carbonyl (C=O) groups is 1. The van der Waals surface area contributed by atoms with Crippen LogP contribution in [0.3, 0.4) is 0 Å². The normalized spacial score (nSPS) is 16.5. The molecule has 200 valence electrons. The van der Waals surface area contributed by atoms with Gasteiger partial charge in [-0.25, -0.2) is 4.79 Å². The molecule has 1 fully saturated rings. The molecule has 0 amide bonds. The molecule has 4 heterocycles. The zero-order chi connectivity index (χ0) is 27.1. The molecular formula is C28H35F3N4O2. The highest BCUT2D eigenvalue weighted by Gasteiger charge is 2.34. The average molecular weight is 517 g/mol. The molecule has 1 aliphatic heterocycles. The van der Waals surface area contributed by atoms with Crippen LogP contribution in [0.1, 0.15) is 59.7 Å². The molecule has 0 saturated carbocycles. The van der Waals surface area contributed by atoms with Crippen molar-refractivity contribution in [1.29, 1.82) is 0 Å². The number of carbonyl (C=O) groups excluding carboxylic acids is 1. The van der Waals surface area contributed by atoms with E-state index in [2.05, 4.69) is 21.2 Å². The van der Waals surface area contributed by atoms with E-state index in [9.17, 15) is 18.0 Å². The van der Waals surface area contributed by atoms with Gasteiger partial charge in [0.1, 0.15) is 0 Å². The first-order valence-electron chi connectivity index (χ1n) is 12.7. The van der Waals surface area contributed by atoms with Crippen molar-refractivity contribution < 1.29 is 22.7 Å². The number of halogens is 3. The second-order valence-electron chi connectivity index (χ2n) is 10.2. The summed E-state index contributed by atoms with van der Waals surface area (Å²) < 4.78 is 46.4. The number of hydrogen-bond donors (Lipinski definition) is 0. The lowest BCUT2D eigenvalue weighted by Crippen LogP contribution is -2.49. The van der Waals surface area contributed by atoms with E-state index in [4.69, 9.17) is 4.74 Å². The number of alkyl halides is 3. The second-order valence-corrected chi connectivity index (χ2v) is 10.2. The number of fused-ring (bicyclic) bond motifs is 1. The van der Waals surface area contributed by atoms with Crippen molar-refractivity contribution in [2.45, 2.75) is 59.9 Å². The maximum absolute atomic E-state index is 13.2. The van der Waals surface area contributed by atoms with Gasteiger partial charge in [-0.3, -0.25) is 14.8 Å². The summed E-state index contributed by atoms with van der Waals surface area (Å²) in [6.07, 6.45) is -0.669. The zero-order valence-corrected chi connectivity index (χ0v) is 22.3. The van der Waals surface area contributed by atoms with Crippen LogP contribution in [0, 0.1) is 20.8 Å². The van der Waals surface area contributed by atoms with Crippen molar-refractivity contribution in [2.24, 2.45) is 0 Å². The third-order valence-electron chi connectivity index (χ3n) is 7.32. The molecule has 0 aliphatic carbocycles. The fourth-order valence-corrected chi connectivity index (χ4v) is 5.26. The predicted octanol–water partition coefficient (Wildman–Crippen LogP) is 5.73. The fourth-order valence-electron chi connectivity index (χ4n) is 5.26. The minimum absolute atomic E-state index is 0.122. The third-order valence-corrected chi connectivity index (χ3v) is 7.32. The van der Waals surface area contributed by atoms with Gasteiger partial charge in [0.25, 0.3) is 0 Å². The topological polar surface area (TPSA) is 50.1 Å².